The average molecular weight is 322 g/mol. The molecule has 108 valence electrons. The van der Waals surface area contributed by atoms with Crippen LogP contribution in [0.5, 0.6) is 5.75 Å². The van der Waals surface area contributed by atoms with Gasteiger partial charge in [0.25, 0.3) is 0 Å². The fourth-order valence-corrected chi connectivity index (χ4v) is 3.09. The molecule has 4 nitrogen and oxygen atoms in total. The van der Waals surface area contributed by atoms with E-state index in [1.54, 1.807) is 18.2 Å². The molecule has 0 bridgehead atoms. The second-order valence-electron chi connectivity index (χ2n) is 4.68. The lowest BCUT2D eigenvalue weighted by atomic mass is 10.0. The molecule has 0 fully saturated rings. The number of aryl methyl sites for hydroxylation is 1. The Morgan fingerprint density at radius 3 is 2.90 bits per heavy atom. The third-order valence-corrected chi connectivity index (χ3v) is 4.47. The number of hydrogen-bond donors (Lipinski definition) is 1. The van der Waals surface area contributed by atoms with Crippen molar-refractivity contribution in [3.63, 3.8) is 0 Å². The van der Waals surface area contributed by atoms with Crippen molar-refractivity contribution < 1.29 is 14.3 Å². The highest BCUT2D eigenvalue weighted by molar-refractivity contribution is 7.18. The molecule has 6 heteroatoms. The number of Topliss-reactive ketones (excluding diaryl/α,β-unsaturated/α-hetero) is 1. The van der Waals surface area contributed by atoms with Crippen molar-refractivity contribution in [3.05, 3.63) is 45.1 Å². The SMILES string of the molecule is O=C1CCc2ccc(OCC(=O)c3ccc(Cl)s3)cc2N1. The van der Waals surface area contributed by atoms with Crippen molar-refractivity contribution >= 4 is 40.3 Å². The summed E-state index contributed by atoms with van der Waals surface area (Å²) in [6, 6.07) is 8.85. The summed E-state index contributed by atoms with van der Waals surface area (Å²) >= 11 is 7.03. The number of ether oxygens (including phenoxy) is 1. The van der Waals surface area contributed by atoms with Gasteiger partial charge >= 0.3 is 0 Å². The number of benzene rings is 1. The topological polar surface area (TPSA) is 55.4 Å². The molecular formula is C15H12ClNO3S. The van der Waals surface area contributed by atoms with Crippen molar-refractivity contribution in [1.29, 1.82) is 0 Å². The number of fused-ring (bicyclic) bond motifs is 1. The zero-order valence-corrected chi connectivity index (χ0v) is 12.6. The van der Waals surface area contributed by atoms with Gasteiger partial charge in [0.1, 0.15) is 5.75 Å². The maximum atomic E-state index is 11.9. The number of amides is 1. The van der Waals surface area contributed by atoms with Crippen LogP contribution in [0.25, 0.3) is 0 Å². The third-order valence-electron chi connectivity index (χ3n) is 3.19. The van der Waals surface area contributed by atoms with Crippen molar-refractivity contribution in [3.8, 4) is 5.75 Å². The van der Waals surface area contributed by atoms with Crippen LogP contribution in [-0.4, -0.2) is 18.3 Å². The standard InChI is InChI=1S/C15H12ClNO3S/c16-14-5-4-13(21-14)12(18)8-20-10-3-1-9-2-6-15(19)17-11(9)7-10/h1,3-5,7H,2,6,8H2,(H,17,19). The van der Waals surface area contributed by atoms with Gasteiger partial charge in [-0.15, -0.1) is 11.3 Å². The summed E-state index contributed by atoms with van der Waals surface area (Å²) in [5.41, 5.74) is 1.84. The van der Waals surface area contributed by atoms with E-state index in [1.165, 1.54) is 11.3 Å². The van der Waals surface area contributed by atoms with Crippen LogP contribution in [0.4, 0.5) is 5.69 Å². The van der Waals surface area contributed by atoms with Crippen molar-refractivity contribution in [2.45, 2.75) is 12.8 Å². The molecule has 0 radical (unpaired) electrons. The van der Waals surface area contributed by atoms with Gasteiger partial charge in [-0.25, -0.2) is 0 Å². The van der Waals surface area contributed by atoms with Crippen molar-refractivity contribution in [2.24, 2.45) is 0 Å². The Balaban J connectivity index is 1.67. The minimum atomic E-state index is -0.117. The van der Waals surface area contributed by atoms with E-state index < -0.39 is 0 Å². The van der Waals surface area contributed by atoms with Gasteiger partial charge in [-0.05, 0) is 30.2 Å². The highest BCUT2D eigenvalue weighted by Crippen LogP contribution is 2.27. The van der Waals surface area contributed by atoms with Gasteiger partial charge in [0.2, 0.25) is 11.7 Å². The number of nitrogens with one attached hydrogen (secondary N) is 1. The zero-order chi connectivity index (χ0) is 14.8. The van der Waals surface area contributed by atoms with E-state index in [-0.39, 0.29) is 18.3 Å². The molecule has 2 heterocycles. The molecular weight excluding hydrogens is 310 g/mol. The van der Waals surface area contributed by atoms with Crippen LogP contribution in [0, 0.1) is 0 Å². The average Bonchev–Trinajstić information content (AvgIpc) is 2.91. The lowest BCUT2D eigenvalue weighted by Crippen LogP contribution is -2.19. The van der Waals surface area contributed by atoms with Gasteiger partial charge in [0.05, 0.1) is 9.21 Å². The number of halogens is 1. The molecule has 1 aliphatic rings. The molecule has 1 amide bonds. The van der Waals surface area contributed by atoms with E-state index >= 15 is 0 Å². The molecule has 0 saturated carbocycles. The zero-order valence-electron chi connectivity index (χ0n) is 11.0. The maximum absolute atomic E-state index is 11.9. The van der Waals surface area contributed by atoms with Crippen LogP contribution < -0.4 is 10.1 Å². The molecule has 0 aliphatic carbocycles. The Morgan fingerprint density at radius 1 is 1.29 bits per heavy atom. The van der Waals surface area contributed by atoms with Gasteiger partial charge in [-0.2, -0.15) is 0 Å². The number of hydrogen-bond acceptors (Lipinski definition) is 4. The lowest BCUT2D eigenvalue weighted by molar-refractivity contribution is -0.116. The van der Waals surface area contributed by atoms with Gasteiger partial charge in [0, 0.05) is 18.2 Å². The van der Waals surface area contributed by atoms with Crippen molar-refractivity contribution in [1.82, 2.24) is 0 Å². The molecule has 3 rings (SSSR count). The fraction of sp³-hybridized carbons (Fsp3) is 0.200. The Hall–Kier alpha value is -1.85. The molecule has 0 spiro atoms. The largest absolute Gasteiger partial charge is 0.485 e. The second-order valence-corrected chi connectivity index (χ2v) is 6.40. The van der Waals surface area contributed by atoms with E-state index in [0.29, 0.717) is 21.4 Å². The predicted molar refractivity (Wildman–Crippen MR) is 82.5 cm³/mol. The highest BCUT2D eigenvalue weighted by Gasteiger charge is 2.16. The minimum absolute atomic E-state index is 0.00366. The van der Waals surface area contributed by atoms with E-state index in [1.807, 2.05) is 12.1 Å². The summed E-state index contributed by atoms with van der Waals surface area (Å²) in [7, 11) is 0. The Kier molecular flexibility index (Phi) is 3.94. The molecule has 21 heavy (non-hydrogen) atoms. The monoisotopic (exact) mass is 321 g/mol. The third kappa shape index (κ3) is 3.25. The quantitative estimate of drug-likeness (QED) is 0.876. The van der Waals surface area contributed by atoms with E-state index in [4.69, 9.17) is 16.3 Å². The molecule has 2 aromatic rings. The Bertz CT molecular complexity index is 711. The van der Waals surface area contributed by atoms with Gasteiger partial charge in [-0.3, -0.25) is 9.59 Å². The Labute approximate surface area is 130 Å². The van der Waals surface area contributed by atoms with Gasteiger partial charge in [-0.1, -0.05) is 17.7 Å². The molecule has 0 saturated heterocycles. The molecule has 0 atom stereocenters. The molecule has 1 aromatic heterocycles. The maximum Gasteiger partial charge on any atom is 0.224 e. The van der Waals surface area contributed by atoms with Crippen LogP contribution in [0.15, 0.2) is 30.3 Å². The smallest absolute Gasteiger partial charge is 0.224 e. The summed E-state index contributed by atoms with van der Waals surface area (Å²) in [5, 5.41) is 2.80. The number of rotatable bonds is 4. The van der Waals surface area contributed by atoms with Crippen molar-refractivity contribution in [2.75, 3.05) is 11.9 Å². The number of anilines is 1. The first-order chi connectivity index (χ1) is 10.1. The van der Waals surface area contributed by atoms with Crippen LogP contribution >= 0.6 is 22.9 Å². The number of carbonyl (C=O) groups excluding carboxylic acids is 2. The summed E-state index contributed by atoms with van der Waals surface area (Å²) in [4.78, 5) is 23.9. The minimum Gasteiger partial charge on any atom is -0.485 e. The van der Waals surface area contributed by atoms with Crippen LogP contribution in [0.1, 0.15) is 21.7 Å². The first-order valence-electron chi connectivity index (χ1n) is 6.46. The lowest BCUT2D eigenvalue weighted by Gasteiger charge is -2.17. The van der Waals surface area contributed by atoms with Crippen LogP contribution in [0.2, 0.25) is 4.34 Å². The van der Waals surface area contributed by atoms with Gasteiger partial charge < -0.3 is 10.1 Å². The first-order valence-corrected chi connectivity index (χ1v) is 7.65. The fourth-order valence-electron chi connectivity index (χ4n) is 2.12. The molecule has 0 unspecified atom stereocenters. The summed E-state index contributed by atoms with van der Waals surface area (Å²) < 4.78 is 6.07. The van der Waals surface area contributed by atoms with Crippen LogP contribution in [0.3, 0.4) is 0 Å². The number of carbonyl (C=O) groups is 2. The van der Waals surface area contributed by atoms with E-state index in [2.05, 4.69) is 5.32 Å². The summed E-state index contributed by atoms with van der Waals surface area (Å²) in [6.07, 6.45) is 1.24. The van der Waals surface area contributed by atoms with E-state index in [0.717, 1.165) is 17.7 Å². The molecule has 1 aromatic carbocycles. The predicted octanol–water partition coefficient (Wildman–Crippen LogP) is 3.55. The molecule has 1 N–H and O–H groups in total. The van der Waals surface area contributed by atoms with E-state index in [9.17, 15) is 9.59 Å². The normalized spacial score (nSPS) is 13.5. The summed E-state index contributed by atoms with van der Waals surface area (Å²) in [5.74, 6) is 0.449. The molecule has 1 aliphatic heterocycles. The van der Waals surface area contributed by atoms with Crippen LogP contribution in [-0.2, 0) is 11.2 Å². The first kappa shape index (κ1) is 14.1. The number of ketones is 1. The number of thiophene rings is 1. The van der Waals surface area contributed by atoms with Gasteiger partial charge in [0.15, 0.2) is 6.61 Å². The Morgan fingerprint density at radius 2 is 2.14 bits per heavy atom. The highest BCUT2D eigenvalue weighted by atomic mass is 35.5. The second kappa shape index (κ2) is 5.87. The summed E-state index contributed by atoms with van der Waals surface area (Å²) in [6.45, 7) is -0.0520.